The fourth-order valence-electron chi connectivity index (χ4n) is 2.45. The molecule has 0 aliphatic carbocycles. The van der Waals surface area contributed by atoms with Gasteiger partial charge in [-0.1, -0.05) is 30.3 Å². The summed E-state index contributed by atoms with van der Waals surface area (Å²) in [4.78, 5) is 25.8. The quantitative estimate of drug-likeness (QED) is 0.553. The first-order chi connectivity index (χ1) is 12.5. The Morgan fingerprint density at radius 3 is 2.62 bits per heavy atom. The van der Waals surface area contributed by atoms with Gasteiger partial charge in [-0.05, 0) is 11.6 Å². The van der Waals surface area contributed by atoms with Gasteiger partial charge in [-0.15, -0.1) is 0 Å². The number of pyridine rings is 1. The highest BCUT2D eigenvalue weighted by atomic mass is 16.6. The fraction of sp³-hybridized carbons (Fsp3) is 0.0556. The van der Waals surface area contributed by atoms with E-state index in [1.165, 1.54) is 12.1 Å². The lowest BCUT2D eigenvalue weighted by Gasteiger charge is -2.11. The third-order valence-corrected chi connectivity index (χ3v) is 3.64. The first kappa shape index (κ1) is 16.9. The van der Waals surface area contributed by atoms with Crippen molar-refractivity contribution in [1.82, 2.24) is 4.98 Å². The van der Waals surface area contributed by atoms with Crippen LogP contribution in [0.25, 0.3) is 10.9 Å². The lowest BCUT2D eigenvalue weighted by molar-refractivity contribution is -0.383. The van der Waals surface area contributed by atoms with Crippen molar-refractivity contribution in [2.75, 3.05) is 0 Å². The van der Waals surface area contributed by atoms with Gasteiger partial charge < -0.3 is 9.84 Å². The number of fused-ring (bicyclic) bond motifs is 1. The third-order valence-electron chi connectivity index (χ3n) is 3.64. The molecule has 1 aromatic heterocycles. The minimum Gasteiger partial charge on any atom is -0.488 e. The molecule has 3 aromatic rings. The summed E-state index contributed by atoms with van der Waals surface area (Å²) < 4.78 is 5.70. The number of nitro benzene ring substituents is 1. The van der Waals surface area contributed by atoms with Crippen LogP contribution in [0.5, 0.6) is 5.75 Å². The van der Waals surface area contributed by atoms with E-state index in [0.717, 1.165) is 11.6 Å². The molecule has 3 rings (SSSR count). The van der Waals surface area contributed by atoms with Crippen molar-refractivity contribution in [1.29, 1.82) is 5.26 Å². The second-order valence-corrected chi connectivity index (χ2v) is 5.35. The smallest absolute Gasteiger partial charge is 0.354 e. The number of rotatable bonds is 5. The largest absolute Gasteiger partial charge is 0.488 e. The molecule has 2 aromatic carbocycles. The van der Waals surface area contributed by atoms with Crippen LogP contribution in [0.15, 0.2) is 48.5 Å². The monoisotopic (exact) mass is 349 g/mol. The number of nitriles is 1. The Bertz CT molecular complexity index is 1060. The molecular weight excluding hydrogens is 338 g/mol. The predicted octanol–water partition coefficient (Wildman–Crippen LogP) is 3.29. The number of aromatic carboxylic acids is 1. The molecule has 0 aliphatic heterocycles. The van der Waals surface area contributed by atoms with Crippen LogP contribution in [0.4, 0.5) is 5.69 Å². The van der Waals surface area contributed by atoms with Crippen molar-refractivity contribution >= 4 is 22.6 Å². The van der Waals surface area contributed by atoms with E-state index in [9.17, 15) is 20.0 Å². The van der Waals surface area contributed by atoms with Crippen LogP contribution >= 0.6 is 0 Å². The summed E-state index contributed by atoms with van der Waals surface area (Å²) in [6.45, 7) is 0.129. The van der Waals surface area contributed by atoms with Gasteiger partial charge in [0.2, 0.25) is 0 Å². The van der Waals surface area contributed by atoms with E-state index in [-0.39, 0.29) is 34.5 Å². The lowest BCUT2D eigenvalue weighted by atomic mass is 10.1. The first-order valence-corrected chi connectivity index (χ1v) is 7.43. The predicted molar refractivity (Wildman–Crippen MR) is 90.8 cm³/mol. The number of ether oxygens (including phenoxy) is 1. The molecule has 0 amide bonds. The Hall–Kier alpha value is -3.99. The van der Waals surface area contributed by atoms with Crippen LogP contribution in [0.1, 0.15) is 21.6 Å². The molecule has 8 nitrogen and oxygen atoms in total. The number of non-ortho nitro benzene ring substituents is 1. The molecule has 1 heterocycles. The van der Waals surface area contributed by atoms with E-state index >= 15 is 0 Å². The second-order valence-electron chi connectivity index (χ2n) is 5.35. The van der Waals surface area contributed by atoms with Crippen molar-refractivity contribution in [3.8, 4) is 11.8 Å². The normalized spacial score (nSPS) is 10.3. The maximum atomic E-state index is 11.3. The molecular formula is C18H11N3O5. The Morgan fingerprint density at radius 1 is 1.27 bits per heavy atom. The molecule has 0 spiro atoms. The molecule has 0 unspecified atom stereocenters. The first-order valence-electron chi connectivity index (χ1n) is 7.43. The molecule has 0 atom stereocenters. The number of carboxylic acids is 1. The van der Waals surface area contributed by atoms with Crippen molar-refractivity contribution in [2.24, 2.45) is 0 Å². The molecule has 128 valence electrons. The van der Waals surface area contributed by atoms with Crippen molar-refractivity contribution < 1.29 is 19.6 Å². The molecule has 0 bridgehead atoms. The SMILES string of the molecule is N#Cc1cc([N+](=O)[O-])c2nc(C(=O)O)cc(OCc3ccccc3)c2c1. The highest BCUT2D eigenvalue weighted by Gasteiger charge is 2.21. The standard InChI is InChI=1S/C18H11N3O5/c19-9-12-6-13-16(26-10-11-4-2-1-3-5-11)8-14(18(22)23)20-17(13)15(7-12)21(24)25/h1-8H,10H2,(H,22,23). The number of hydrogen-bond acceptors (Lipinski definition) is 6. The van der Waals surface area contributed by atoms with Gasteiger partial charge >= 0.3 is 5.97 Å². The van der Waals surface area contributed by atoms with Crippen LogP contribution in [0, 0.1) is 21.4 Å². The summed E-state index contributed by atoms with van der Waals surface area (Å²) in [5.74, 6) is -1.23. The van der Waals surface area contributed by atoms with Crippen LogP contribution in [-0.2, 0) is 6.61 Å². The summed E-state index contributed by atoms with van der Waals surface area (Å²) in [5.41, 5.74) is -0.0871. The molecule has 0 radical (unpaired) electrons. The van der Waals surface area contributed by atoms with E-state index in [1.807, 2.05) is 36.4 Å². The van der Waals surface area contributed by atoms with E-state index in [0.29, 0.717) is 0 Å². The van der Waals surface area contributed by atoms with E-state index < -0.39 is 16.6 Å². The topological polar surface area (TPSA) is 126 Å². The van der Waals surface area contributed by atoms with E-state index in [4.69, 9.17) is 10.00 Å². The molecule has 0 saturated heterocycles. The van der Waals surface area contributed by atoms with Crippen LogP contribution in [0.2, 0.25) is 0 Å². The highest BCUT2D eigenvalue weighted by Crippen LogP contribution is 2.33. The Kier molecular flexibility index (Phi) is 4.45. The number of nitro groups is 1. The molecule has 0 saturated carbocycles. The van der Waals surface area contributed by atoms with Gasteiger partial charge in [0.25, 0.3) is 5.69 Å². The van der Waals surface area contributed by atoms with Gasteiger partial charge in [0.15, 0.2) is 11.2 Å². The van der Waals surface area contributed by atoms with Crippen molar-refractivity contribution in [2.45, 2.75) is 6.61 Å². The maximum Gasteiger partial charge on any atom is 0.354 e. The van der Waals surface area contributed by atoms with Gasteiger partial charge in [0.05, 0.1) is 21.9 Å². The van der Waals surface area contributed by atoms with Gasteiger partial charge in [0, 0.05) is 12.1 Å². The molecule has 8 heteroatoms. The minimum absolute atomic E-state index is 0.0543. The number of aromatic nitrogens is 1. The van der Waals surface area contributed by atoms with Crippen LogP contribution in [-0.4, -0.2) is 21.0 Å². The summed E-state index contributed by atoms with van der Waals surface area (Å²) in [5, 5.41) is 29.9. The molecule has 26 heavy (non-hydrogen) atoms. The zero-order valence-corrected chi connectivity index (χ0v) is 13.2. The van der Waals surface area contributed by atoms with Crippen LogP contribution in [0.3, 0.4) is 0 Å². The summed E-state index contributed by atoms with van der Waals surface area (Å²) >= 11 is 0. The van der Waals surface area contributed by atoms with Gasteiger partial charge in [0.1, 0.15) is 12.4 Å². The van der Waals surface area contributed by atoms with Crippen LogP contribution < -0.4 is 4.74 Å². The lowest BCUT2D eigenvalue weighted by Crippen LogP contribution is -2.05. The average Bonchev–Trinajstić information content (AvgIpc) is 2.65. The summed E-state index contributed by atoms with van der Waals surface area (Å²) in [7, 11) is 0. The second kappa shape index (κ2) is 6.86. The molecule has 0 fully saturated rings. The summed E-state index contributed by atoms with van der Waals surface area (Å²) in [6.07, 6.45) is 0. The Balaban J connectivity index is 2.19. The van der Waals surface area contributed by atoms with E-state index in [2.05, 4.69) is 4.98 Å². The minimum atomic E-state index is -1.34. The third kappa shape index (κ3) is 3.27. The number of benzene rings is 2. The van der Waals surface area contributed by atoms with E-state index in [1.54, 1.807) is 0 Å². The van der Waals surface area contributed by atoms with Crippen molar-refractivity contribution in [3.05, 3.63) is 75.5 Å². The Morgan fingerprint density at radius 2 is 2.00 bits per heavy atom. The van der Waals surface area contributed by atoms with Gasteiger partial charge in [-0.2, -0.15) is 5.26 Å². The average molecular weight is 349 g/mol. The zero-order valence-electron chi connectivity index (χ0n) is 13.2. The molecule has 1 N–H and O–H groups in total. The number of carboxylic acid groups (broad SMARTS) is 1. The van der Waals surface area contributed by atoms with Crippen molar-refractivity contribution in [3.63, 3.8) is 0 Å². The maximum absolute atomic E-state index is 11.3. The number of carbonyl (C=O) groups is 1. The highest BCUT2D eigenvalue weighted by molar-refractivity contribution is 5.97. The fourth-order valence-corrected chi connectivity index (χ4v) is 2.45. The number of nitrogens with zero attached hydrogens (tertiary/aromatic N) is 3. The zero-order chi connectivity index (χ0) is 18.7. The van der Waals surface area contributed by atoms with Gasteiger partial charge in [-0.3, -0.25) is 10.1 Å². The number of hydrogen-bond donors (Lipinski definition) is 1. The van der Waals surface area contributed by atoms with Gasteiger partial charge in [-0.25, -0.2) is 9.78 Å². The Labute approximate surface area is 147 Å². The summed E-state index contributed by atoms with van der Waals surface area (Å²) in [6, 6.07) is 14.6. The molecule has 0 aliphatic rings.